The monoisotopic (exact) mass is 310 g/mol. The van der Waals surface area contributed by atoms with Crippen molar-refractivity contribution in [2.75, 3.05) is 5.88 Å². The topological polar surface area (TPSA) is 35.6 Å². The minimum Gasteiger partial charge on any atom is -0.313 e. The predicted molar refractivity (Wildman–Crippen MR) is 89.0 cm³/mol. The highest BCUT2D eigenvalue weighted by Crippen LogP contribution is 2.23. The summed E-state index contributed by atoms with van der Waals surface area (Å²) in [5, 5.41) is 4.51. The van der Waals surface area contributed by atoms with Gasteiger partial charge in [-0.15, -0.1) is 11.6 Å². The lowest BCUT2D eigenvalue weighted by molar-refractivity contribution is 0.387. The number of aryl methyl sites for hydroxylation is 3. The van der Waals surface area contributed by atoms with Crippen molar-refractivity contribution in [2.24, 2.45) is 13.0 Å². The van der Waals surface area contributed by atoms with Crippen molar-refractivity contribution >= 4 is 22.8 Å². The molecule has 2 aromatic rings. The third-order valence-corrected chi connectivity index (χ3v) is 4.46. The van der Waals surface area contributed by atoms with Crippen LogP contribution in [0.15, 0.2) is 0 Å². The molecule has 0 aliphatic carbocycles. The van der Waals surface area contributed by atoms with Crippen molar-refractivity contribution in [3.05, 3.63) is 11.5 Å². The molecule has 0 spiro atoms. The smallest absolute Gasteiger partial charge is 0.158 e. The molecule has 118 valence electrons. The normalized spacial score (nSPS) is 13.2. The number of rotatable bonds is 8. The fourth-order valence-electron chi connectivity index (χ4n) is 3.02. The summed E-state index contributed by atoms with van der Waals surface area (Å²) in [6, 6.07) is 0. The van der Waals surface area contributed by atoms with Crippen LogP contribution < -0.4 is 0 Å². The van der Waals surface area contributed by atoms with Crippen LogP contribution in [0.1, 0.15) is 51.0 Å². The van der Waals surface area contributed by atoms with Crippen LogP contribution in [0.5, 0.6) is 0 Å². The number of aromatic nitrogens is 4. The average Bonchev–Trinajstić information content (AvgIpc) is 2.94. The molecule has 0 bridgehead atoms. The Morgan fingerprint density at radius 3 is 2.67 bits per heavy atom. The molecule has 0 radical (unpaired) electrons. The van der Waals surface area contributed by atoms with Gasteiger partial charge in [0.15, 0.2) is 5.65 Å². The number of fused-ring (bicyclic) bond motifs is 1. The highest BCUT2D eigenvalue weighted by molar-refractivity contribution is 6.17. The van der Waals surface area contributed by atoms with Gasteiger partial charge in [-0.05, 0) is 19.3 Å². The SMILES string of the molecule is CCCCC(CC)Cn1c(CCCl)nc2c(C)nn(C)c21. The Balaban J connectivity index is 2.36. The second-order valence-electron chi connectivity index (χ2n) is 5.88. The molecule has 5 heteroatoms. The standard InChI is InChI=1S/C16H27ClN4/c1-5-7-8-13(6-2)11-21-14(9-10-17)18-15-12(3)19-20(4)16(15)21/h13H,5-11H2,1-4H3. The summed E-state index contributed by atoms with van der Waals surface area (Å²) in [5.74, 6) is 2.42. The van der Waals surface area contributed by atoms with E-state index >= 15 is 0 Å². The van der Waals surface area contributed by atoms with Crippen LogP contribution in [0.2, 0.25) is 0 Å². The van der Waals surface area contributed by atoms with Gasteiger partial charge in [-0.3, -0.25) is 4.68 Å². The molecule has 0 aliphatic rings. The zero-order chi connectivity index (χ0) is 15.4. The number of alkyl halides is 1. The summed E-state index contributed by atoms with van der Waals surface area (Å²) in [7, 11) is 2.00. The largest absolute Gasteiger partial charge is 0.313 e. The molecule has 0 aliphatic heterocycles. The van der Waals surface area contributed by atoms with E-state index < -0.39 is 0 Å². The number of nitrogens with zero attached hydrogens (tertiary/aromatic N) is 4. The van der Waals surface area contributed by atoms with Crippen molar-refractivity contribution < 1.29 is 0 Å². The van der Waals surface area contributed by atoms with E-state index in [9.17, 15) is 0 Å². The van der Waals surface area contributed by atoms with Crippen molar-refractivity contribution in [2.45, 2.75) is 59.4 Å². The van der Waals surface area contributed by atoms with Gasteiger partial charge in [0.2, 0.25) is 0 Å². The molecule has 0 aromatic carbocycles. The maximum Gasteiger partial charge on any atom is 0.158 e. The Hall–Kier alpha value is -1.03. The first-order valence-corrected chi connectivity index (χ1v) is 8.60. The lowest BCUT2D eigenvalue weighted by Gasteiger charge is -2.17. The average molecular weight is 311 g/mol. The van der Waals surface area contributed by atoms with E-state index in [1.807, 2.05) is 18.7 Å². The Morgan fingerprint density at radius 1 is 1.29 bits per heavy atom. The first kappa shape index (κ1) is 16.3. The Labute approximate surface area is 132 Å². The van der Waals surface area contributed by atoms with Gasteiger partial charge in [-0.25, -0.2) is 4.98 Å². The van der Waals surface area contributed by atoms with E-state index in [2.05, 4.69) is 23.5 Å². The summed E-state index contributed by atoms with van der Waals surface area (Å²) in [6.45, 7) is 7.59. The first-order valence-electron chi connectivity index (χ1n) is 8.06. The number of hydrogen-bond donors (Lipinski definition) is 0. The maximum absolute atomic E-state index is 5.96. The summed E-state index contributed by atoms with van der Waals surface area (Å²) in [6.07, 6.45) is 5.86. The summed E-state index contributed by atoms with van der Waals surface area (Å²) in [4.78, 5) is 4.79. The Bertz CT molecular complexity index is 585. The number of imidazole rings is 1. The minimum atomic E-state index is 0.613. The molecule has 1 unspecified atom stereocenters. The third kappa shape index (κ3) is 3.42. The summed E-state index contributed by atoms with van der Waals surface area (Å²) < 4.78 is 4.31. The molecule has 1 atom stereocenters. The Kier molecular flexibility index (Phi) is 5.68. The van der Waals surface area contributed by atoms with Crippen molar-refractivity contribution in [1.82, 2.24) is 19.3 Å². The number of unbranched alkanes of at least 4 members (excludes halogenated alkanes) is 1. The quantitative estimate of drug-likeness (QED) is 0.689. The zero-order valence-electron chi connectivity index (χ0n) is 13.7. The van der Waals surface area contributed by atoms with Gasteiger partial charge in [-0.2, -0.15) is 5.10 Å². The fourth-order valence-corrected chi connectivity index (χ4v) is 3.19. The van der Waals surface area contributed by atoms with Crippen molar-refractivity contribution in [1.29, 1.82) is 0 Å². The first-order chi connectivity index (χ1) is 10.1. The highest BCUT2D eigenvalue weighted by Gasteiger charge is 2.19. The lowest BCUT2D eigenvalue weighted by Crippen LogP contribution is -2.15. The zero-order valence-corrected chi connectivity index (χ0v) is 14.4. The second kappa shape index (κ2) is 7.30. The predicted octanol–water partition coefficient (Wildman–Crippen LogP) is 4.08. The molecular formula is C16H27ClN4. The molecule has 0 saturated heterocycles. The van der Waals surface area contributed by atoms with Crippen LogP contribution in [-0.2, 0) is 20.0 Å². The van der Waals surface area contributed by atoms with E-state index in [4.69, 9.17) is 16.6 Å². The molecule has 0 saturated carbocycles. The van der Waals surface area contributed by atoms with Gasteiger partial charge in [0.25, 0.3) is 0 Å². The van der Waals surface area contributed by atoms with Crippen molar-refractivity contribution in [3.63, 3.8) is 0 Å². The summed E-state index contributed by atoms with van der Waals surface area (Å²) in [5.41, 5.74) is 3.18. The van der Waals surface area contributed by atoms with Gasteiger partial charge in [-0.1, -0.05) is 33.1 Å². The molecule has 21 heavy (non-hydrogen) atoms. The highest BCUT2D eigenvalue weighted by atomic mass is 35.5. The van der Waals surface area contributed by atoms with E-state index in [0.29, 0.717) is 11.8 Å². The second-order valence-corrected chi connectivity index (χ2v) is 6.25. The van der Waals surface area contributed by atoms with Crippen molar-refractivity contribution in [3.8, 4) is 0 Å². The third-order valence-electron chi connectivity index (χ3n) is 4.27. The van der Waals surface area contributed by atoms with Crippen LogP contribution in [0.25, 0.3) is 11.2 Å². The van der Waals surface area contributed by atoms with E-state index in [0.717, 1.165) is 35.6 Å². The van der Waals surface area contributed by atoms with E-state index in [1.165, 1.54) is 25.7 Å². The van der Waals surface area contributed by atoms with Gasteiger partial charge in [0, 0.05) is 25.9 Å². The molecule has 2 heterocycles. The summed E-state index contributed by atoms with van der Waals surface area (Å²) >= 11 is 5.96. The van der Waals surface area contributed by atoms with Crippen LogP contribution in [-0.4, -0.2) is 25.2 Å². The van der Waals surface area contributed by atoms with Gasteiger partial charge in [0.05, 0.1) is 5.69 Å². The van der Waals surface area contributed by atoms with E-state index in [1.54, 1.807) is 0 Å². The van der Waals surface area contributed by atoms with Crippen LogP contribution in [0.4, 0.5) is 0 Å². The maximum atomic E-state index is 5.96. The lowest BCUT2D eigenvalue weighted by atomic mass is 9.99. The molecular weight excluding hydrogens is 284 g/mol. The number of halogens is 1. The van der Waals surface area contributed by atoms with Gasteiger partial charge >= 0.3 is 0 Å². The molecule has 0 N–H and O–H groups in total. The molecule has 2 rings (SSSR count). The molecule has 4 nitrogen and oxygen atoms in total. The molecule has 0 amide bonds. The van der Waals surface area contributed by atoms with Crippen LogP contribution >= 0.6 is 11.6 Å². The molecule has 2 aromatic heterocycles. The van der Waals surface area contributed by atoms with E-state index in [-0.39, 0.29) is 0 Å². The van der Waals surface area contributed by atoms with Gasteiger partial charge in [0.1, 0.15) is 11.3 Å². The van der Waals surface area contributed by atoms with Crippen LogP contribution in [0.3, 0.4) is 0 Å². The van der Waals surface area contributed by atoms with Crippen LogP contribution in [0, 0.1) is 12.8 Å². The number of hydrogen-bond acceptors (Lipinski definition) is 2. The Morgan fingerprint density at radius 2 is 2.05 bits per heavy atom. The minimum absolute atomic E-state index is 0.613. The molecule has 0 fully saturated rings. The fraction of sp³-hybridized carbons (Fsp3) is 0.750. The van der Waals surface area contributed by atoms with Gasteiger partial charge < -0.3 is 4.57 Å².